The minimum absolute atomic E-state index is 0.0332. The van der Waals surface area contributed by atoms with E-state index in [1.165, 1.54) is 4.57 Å². The number of nitrogens with zero attached hydrogens (tertiary/aromatic N) is 2. The number of aryl methyl sites for hydroxylation is 3. The lowest BCUT2D eigenvalue weighted by atomic mass is 9.96. The summed E-state index contributed by atoms with van der Waals surface area (Å²) >= 11 is 3.21. The average Bonchev–Trinajstić information content (AvgIpc) is 2.64. The Morgan fingerprint density at radius 1 is 1.14 bits per heavy atom. The molecule has 1 aliphatic heterocycles. The quantitative estimate of drug-likeness (QED) is 0.787. The van der Waals surface area contributed by atoms with Gasteiger partial charge < -0.3 is 14.8 Å². The Bertz CT molecular complexity index is 937. The van der Waals surface area contributed by atoms with Gasteiger partial charge in [0.15, 0.2) is 0 Å². The number of likely N-dealkylation sites (tertiary alicyclic amines) is 1. The van der Waals surface area contributed by atoms with Gasteiger partial charge in [0.25, 0.3) is 11.5 Å². The summed E-state index contributed by atoms with van der Waals surface area (Å²) in [7, 11) is 1.63. The smallest absolute Gasteiger partial charge is 0.264 e. The van der Waals surface area contributed by atoms with Gasteiger partial charge >= 0.3 is 0 Å². The molecular weight excluding hydrogens is 422 g/mol. The molecule has 2 amide bonds. The van der Waals surface area contributed by atoms with E-state index in [-0.39, 0.29) is 23.3 Å². The summed E-state index contributed by atoms with van der Waals surface area (Å²) in [5.41, 5.74) is 3.16. The van der Waals surface area contributed by atoms with Crippen LogP contribution in [0.25, 0.3) is 0 Å². The SMILES string of the molecule is Cc1cc(C)cc(C(=O)N2CCC[C@@H](C(=O)Nc3cc(Br)c(=O)n(C)c3)C2)c1. The van der Waals surface area contributed by atoms with Crippen LogP contribution in [0.5, 0.6) is 0 Å². The molecule has 28 heavy (non-hydrogen) atoms. The minimum atomic E-state index is -0.278. The lowest BCUT2D eigenvalue weighted by Crippen LogP contribution is -2.43. The number of nitrogens with one attached hydrogen (secondary N) is 1. The molecule has 148 valence electrons. The molecular formula is C21H24BrN3O3. The molecule has 1 atom stereocenters. The van der Waals surface area contributed by atoms with Gasteiger partial charge in [-0.2, -0.15) is 0 Å². The van der Waals surface area contributed by atoms with Crippen molar-refractivity contribution in [2.75, 3.05) is 18.4 Å². The molecule has 1 aromatic carbocycles. The van der Waals surface area contributed by atoms with Crippen LogP contribution in [0, 0.1) is 19.8 Å². The summed E-state index contributed by atoms with van der Waals surface area (Å²) in [6, 6.07) is 7.41. The molecule has 0 bridgehead atoms. The van der Waals surface area contributed by atoms with Gasteiger partial charge in [-0.1, -0.05) is 17.2 Å². The van der Waals surface area contributed by atoms with Crippen molar-refractivity contribution in [2.24, 2.45) is 13.0 Å². The first kappa shape index (κ1) is 20.3. The number of pyridine rings is 1. The van der Waals surface area contributed by atoms with Crippen LogP contribution in [0.15, 0.2) is 39.7 Å². The third-order valence-corrected chi connectivity index (χ3v) is 5.52. The Labute approximate surface area is 172 Å². The topological polar surface area (TPSA) is 71.4 Å². The Hall–Kier alpha value is -2.41. The van der Waals surface area contributed by atoms with Crippen LogP contribution in [-0.4, -0.2) is 34.4 Å². The average molecular weight is 446 g/mol. The van der Waals surface area contributed by atoms with Gasteiger partial charge in [-0.05, 0) is 60.8 Å². The third-order valence-electron chi connectivity index (χ3n) is 4.96. The van der Waals surface area contributed by atoms with Crippen molar-refractivity contribution in [2.45, 2.75) is 26.7 Å². The van der Waals surface area contributed by atoms with Crippen LogP contribution in [-0.2, 0) is 11.8 Å². The normalized spacial score (nSPS) is 16.7. The molecule has 1 aromatic heterocycles. The van der Waals surface area contributed by atoms with E-state index in [1.807, 2.05) is 32.0 Å². The van der Waals surface area contributed by atoms with Gasteiger partial charge in [0.1, 0.15) is 0 Å². The number of carbonyl (C=O) groups is 2. The molecule has 6 nitrogen and oxygen atoms in total. The number of halogens is 1. The van der Waals surface area contributed by atoms with Crippen LogP contribution in [0.1, 0.15) is 34.3 Å². The van der Waals surface area contributed by atoms with Crippen LogP contribution in [0.2, 0.25) is 0 Å². The van der Waals surface area contributed by atoms with E-state index in [2.05, 4.69) is 21.2 Å². The molecule has 0 radical (unpaired) electrons. The Kier molecular flexibility index (Phi) is 6.03. The predicted molar refractivity (Wildman–Crippen MR) is 113 cm³/mol. The lowest BCUT2D eigenvalue weighted by molar-refractivity contribution is -0.121. The number of anilines is 1. The Morgan fingerprint density at radius 2 is 1.82 bits per heavy atom. The standard InChI is InChI=1S/C21H24BrN3O3/c1-13-7-14(2)9-16(8-13)20(27)25-6-4-5-15(11-25)19(26)23-17-10-18(22)21(28)24(3)12-17/h7-10,12,15H,4-6,11H2,1-3H3,(H,23,26)/t15-/m1/s1. The minimum Gasteiger partial charge on any atom is -0.338 e. The number of hydrogen-bond acceptors (Lipinski definition) is 3. The molecule has 0 unspecified atom stereocenters. The number of aromatic nitrogens is 1. The van der Waals surface area contributed by atoms with E-state index >= 15 is 0 Å². The second-order valence-electron chi connectivity index (χ2n) is 7.45. The molecule has 0 saturated carbocycles. The number of rotatable bonds is 3. The molecule has 2 aromatic rings. The summed E-state index contributed by atoms with van der Waals surface area (Å²) in [4.78, 5) is 39.2. The van der Waals surface area contributed by atoms with Gasteiger partial charge in [0, 0.05) is 31.9 Å². The summed E-state index contributed by atoms with van der Waals surface area (Å²) in [6.07, 6.45) is 3.10. The number of benzene rings is 1. The van der Waals surface area contributed by atoms with E-state index in [9.17, 15) is 14.4 Å². The Balaban J connectivity index is 1.71. The zero-order valence-corrected chi connectivity index (χ0v) is 17.9. The van der Waals surface area contributed by atoms with Gasteiger partial charge in [-0.15, -0.1) is 0 Å². The first-order valence-electron chi connectivity index (χ1n) is 9.29. The van der Waals surface area contributed by atoms with Crippen LogP contribution in [0.4, 0.5) is 5.69 Å². The van der Waals surface area contributed by atoms with Crippen LogP contribution in [0.3, 0.4) is 0 Å². The molecule has 3 rings (SSSR count). The predicted octanol–water partition coefficient (Wildman–Crippen LogP) is 3.26. The van der Waals surface area contributed by atoms with E-state index in [4.69, 9.17) is 0 Å². The molecule has 0 aliphatic carbocycles. The molecule has 1 fully saturated rings. The molecule has 1 N–H and O–H groups in total. The highest BCUT2D eigenvalue weighted by Crippen LogP contribution is 2.22. The van der Waals surface area contributed by atoms with Crippen molar-refractivity contribution >= 4 is 33.4 Å². The highest BCUT2D eigenvalue weighted by Gasteiger charge is 2.29. The van der Waals surface area contributed by atoms with Crippen LogP contribution >= 0.6 is 15.9 Å². The second kappa shape index (κ2) is 8.31. The number of hydrogen-bond donors (Lipinski definition) is 1. The monoisotopic (exact) mass is 445 g/mol. The van der Waals surface area contributed by atoms with Crippen molar-refractivity contribution in [3.05, 3.63) is 62.0 Å². The lowest BCUT2D eigenvalue weighted by Gasteiger charge is -2.32. The number of amides is 2. The Morgan fingerprint density at radius 3 is 2.46 bits per heavy atom. The molecule has 1 aliphatic rings. The van der Waals surface area contributed by atoms with Crippen molar-refractivity contribution in [1.82, 2.24) is 9.47 Å². The largest absolute Gasteiger partial charge is 0.338 e. The van der Waals surface area contributed by atoms with Gasteiger partial charge in [0.05, 0.1) is 16.1 Å². The molecule has 2 heterocycles. The fourth-order valence-electron chi connectivity index (χ4n) is 3.64. The fraction of sp³-hybridized carbons (Fsp3) is 0.381. The second-order valence-corrected chi connectivity index (χ2v) is 8.30. The summed E-state index contributed by atoms with van der Waals surface area (Å²) < 4.78 is 1.80. The van der Waals surface area contributed by atoms with Crippen molar-refractivity contribution in [3.63, 3.8) is 0 Å². The first-order valence-corrected chi connectivity index (χ1v) is 10.1. The van der Waals surface area contributed by atoms with Gasteiger partial charge in [-0.3, -0.25) is 14.4 Å². The maximum atomic E-state index is 12.9. The van der Waals surface area contributed by atoms with Crippen molar-refractivity contribution in [1.29, 1.82) is 0 Å². The molecule has 0 spiro atoms. The summed E-state index contributed by atoms with van der Waals surface area (Å²) in [5.74, 6) is -0.447. The third kappa shape index (κ3) is 4.52. The van der Waals surface area contributed by atoms with E-state index in [0.29, 0.717) is 28.8 Å². The maximum Gasteiger partial charge on any atom is 0.264 e. The van der Waals surface area contributed by atoms with E-state index < -0.39 is 0 Å². The first-order chi connectivity index (χ1) is 13.2. The zero-order chi connectivity index (χ0) is 20.4. The number of carbonyl (C=O) groups excluding carboxylic acids is 2. The van der Waals surface area contributed by atoms with Gasteiger partial charge in [0.2, 0.25) is 5.91 Å². The highest BCUT2D eigenvalue weighted by molar-refractivity contribution is 9.10. The summed E-state index contributed by atoms with van der Waals surface area (Å²) in [5, 5.41) is 2.87. The van der Waals surface area contributed by atoms with E-state index in [1.54, 1.807) is 24.2 Å². The molecule has 1 saturated heterocycles. The molecule has 7 heteroatoms. The summed E-state index contributed by atoms with van der Waals surface area (Å²) in [6.45, 7) is 4.99. The van der Waals surface area contributed by atoms with Crippen LogP contribution < -0.4 is 10.9 Å². The maximum absolute atomic E-state index is 12.9. The number of piperidine rings is 1. The zero-order valence-electron chi connectivity index (χ0n) is 16.3. The van der Waals surface area contributed by atoms with Gasteiger partial charge in [-0.25, -0.2) is 0 Å². The highest BCUT2D eigenvalue weighted by atomic mass is 79.9. The fourth-order valence-corrected chi connectivity index (χ4v) is 4.17. The van der Waals surface area contributed by atoms with Crippen molar-refractivity contribution in [3.8, 4) is 0 Å². The van der Waals surface area contributed by atoms with E-state index in [0.717, 1.165) is 24.0 Å². The van der Waals surface area contributed by atoms with Crippen molar-refractivity contribution < 1.29 is 9.59 Å².